The third-order valence-corrected chi connectivity index (χ3v) is 5.55. The topological polar surface area (TPSA) is 56.7 Å². The Bertz CT molecular complexity index is 441. The van der Waals surface area contributed by atoms with Gasteiger partial charge in [-0.2, -0.15) is 5.10 Å². The lowest BCUT2D eigenvalue weighted by molar-refractivity contribution is -0.00942. The number of nitrogens with two attached hydrogens (primary N) is 1. The van der Waals surface area contributed by atoms with Crippen molar-refractivity contribution in [3.8, 4) is 0 Å². The van der Waals surface area contributed by atoms with Gasteiger partial charge >= 0.3 is 0 Å². The zero-order chi connectivity index (χ0) is 12.3. The number of aryl methyl sites for hydroxylation is 1. The summed E-state index contributed by atoms with van der Waals surface area (Å²) in [4.78, 5) is 4.75. The molecule has 4 nitrogen and oxygen atoms in total. The smallest absolute Gasteiger partial charge is 0.157 e. The number of rotatable bonds is 2. The van der Waals surface area contributed by atoms with Gasteiger partial charge in [0.25, 0.3) is 0 Å². The summed E-state index contributed by atoms with van der Waals surface area (Å²) in [5.41, 5.74) is 6.04. The van der Waals surface area contributed by atoms with E-state index >= 15 is 0 Å². The number of aromatic nitrogens is 3. The van der Waals surface area contributed by atoms with Crippen LogP contribution in [0.5, 0.6) is 0 Å². The lowest BCUT2D eigenvalue weighted by Gasteiger charge is -2.55. The fraction of sp³-hybridized carbons (Fsp3) is 0.857. The molecule has 4 aliphatic rings. The van der Waals surface area contributed by atoms with E-state index in [9.17, 15) is 0 Å². The molecular weight excluding hydrogens is 224 g/mol. The van der Waals surface area contributed by atoms with Gasteiger partial charge in [-0.25, -0.2) is 4.98 Å². The lowest BCUT2D eigenvalue weighted by atomic mass is 9.49. The Balaban J connectivity index is 1.74. The zero-order valence-corrected chi connectivity index (χ0v) is 11.1. The predicted molar refractivity (Wildman–Crippen MR) is 68.7 cm³/mol. The highest BCUT2D eigenvalue weighted by atomic mass is 15.3. The molecule has 1 aromatic rings. The standard InChI is InChI=1S/C14H22N4/c1-18-12(8-15)16-13(17-18)14-5-9-2-10(6-14)4-11(3-9)7-14/h9-11H,2-8,15H2,1H3. The molecule has 18 heavy (non-hydrogen) atoms. The second-order valence-electron chi connectivity index (χ2n) is 6.88. The summed E-state index contributed by atoms with van der Waals surface area (Å²) in [5, 5.41) is 4.70. The third-order valence-electron chi connectivity index (χ3n) is 5.55. The van der Waals surface area contributed by atoms with Crippen LogP contribution in [-0.2, 0) is 19.0 Å². The predicted octanol–water partition coefficient (Wildman–Crippen LogP) is 1.74. The van der Waals surface area contributed by atoms with Crippen molar-refractivity contribution in [1.29, 1.82) is 0 Å². The van der Waals surface area contributed by atoms with E-state index < -0.39 is 0 Å². The van der Waals surface area contributed by atoms with Gasteiger partial charge < -0.3 is 5.73 Å². The van der Waals surface area contributed by atoms with Crippen molar-refractivity contribution in [2.75, 3.05) is 0 Å². The quantitative estimate of drug-likeness (QED) is 0.864. The summed E-state index contributed by atoms with van der Waals surface area (Å²) in [5.74, 6) is 4.87. The SMILES string of the molecule is Cn1nc(C23CC4CC(CC(C4)C2)C3)nc1CN. The highest BCUT2D eigenvalue weighted by Crippen LogP contribution is 2.60. The van der Waals surface area contributed by atoms with Gasteiger partial charge in [-0.05, 0) is 56.3 Å². The van der Waals surface area contributed by atoms with E-state index in [1.54, 1.807) is 0 Å². The Morgan fingerprint density at radius 3 is 2.17 bits per heavy atom. The molecule has 0 aromatic carbocycles. The molecule has 4 aliphatic carbocycles. The molecule has 0 unspecified atom stereocenters. The maximum Gasteiger partial charge on any atom is 0.157 e. The fourth-order valence-corrected chi connectivity index (χ4v) is 5.20. The minimum absolute atomic E-state index is 0.305. The Labute approximate surface area is 108 Å². The second-order valence-corrected chi connectivity index (χ2v) is 6.88. The maximum absolute atomic E-state index is 5.73. The Kier molecular flexibility index (Phi) is 2.17. The van der Waals surface area contributed by atoms with Crippen molar-refractivity contribution in [2.24, 2.45) is 30.5 Å². The normalized spacial score (nSPS) is 41.6. The first-order valence-corrected chi connectivity index (χ1v) is 7.29. The Morgan fingerprint density at radius 2 is 1.72 bits per heavy atom. The van der Waals surface area contributed by atoms with Crippen LogP contribution in [0, 0.1) is 17.8 Å². The van der Waals surface area contributed by atoms with Crippen LogP contribution in [0.4, 0.5) is 0 Å². The largest absolute Gasteiger partial charge is 0.324 e. The fourth-order valence-electron chi connectivity index (χ4n) is 5.20. The van der Waals surface area contributed by atoms with Crippen LogP contribution >= 0.6 is 0 Å². The molecule has 4 saturated carbocycles. The lowest BCUT2D eigenvalue weighted by Crippen LogP contribution is -2.49. The van der Waals surface area contributed by atoms with E-state index in [0.29, 0.717) is 12.0 Å². The van der Waals surface area contributed by atoms with E-state index in [-0.39, 0.29) is 0 Å². The summed E-state index contributed by atoms with van der Waals surface area (Å²) >= 11 is 0. The average Bonchev–Trinajstić information content (AvgIpc) is 2.69. The third kappa shape index (κ3) is 1.41. The van der Waals surface area contributed by atoms with E-state index in [2.05, 4.69) is 0 Å². The van der Waals surface area contributed by atoms with Crippen molar-refractivity contribution in [2.45, 2.75) is 50.5 Å². The summed E-state index contributed by atoms with van der Waals surface area (Å²) in [7, 11) is 1.97. The molecule has 4 fully saturated rings. The minimum atomic E-state index is 0.305. The highest BCUT2D eigenvalue weighted by Gasteiger charge is 2.53. The number of hydrogen-bond acceptors (Lipinski definition) is 3. The van der Waals surface area contributed by atoms with E-state index in [0.717, 1.165) is 29.4 Å². The molecule has 1 heterocycles. The van der Waals surface area contributed by atoms with Crippen LogP contribution in [0.3, 0.4) is 0 Å². The van der Waals surface area contributed by atoms with Gasteiger partial charge in [-0.3, -0.25) is 4.68 Å². The molecule has 0 atom stereocenters. The summed E-state index contributed by atoms with van der Waals surface area (Å²) < 4.78 is 1.88. The molecule has 98 valence electrons. The number of nitrogens with zero attached hydrogens (tertiary/aromatic N) is 3. The molecule has 0 spiro atoms. The first kappa shape index (κ1) is 11.0. The monoisotopic (exact) mass is 246 g/mol. The van der Waals surface area contributed by atoms with Crippen LogP contribution < -0.4 is 5.73 Å². The zero-order valence-electron chi connectivity index (χ0n) is 11.1. The molecule has 0 amide bonds. The molecule has 4 bridgehead atoms. The minimum Gasteiger partial charge on any atom is -0.324 e. The summed E-state index contributed by atoms with van der Waals surface area (Å²) in [6.07, 6.45) is 8.38. The first-order chi connectivity index (χ1) is 8.68. The van der Waals surface area contributed by atoms with Gasteiger partial charge in [-0.15, -0.1) is 0 Å². The van der Waals surface area contributed by atoms with Gasteiger partial charge in [0.15, 0.2) is 5.82 Å². The van der Waals surface area contributed by atoms with Gasteiger partial charge in [0.05, 0.1) is 6.54 Å². The van der Waals surface area contributed by atoms with Gasteiger partial charge in [-0.1, -0.05) is 0 Å². The van der Waals surface area contributed by atoms with Gasteiger partial charge in [0, 0.05) is 12.5 Å². The Morgan fingerprint density at radius 1 is 1.17 bits per heavy atom. The van der Waals surface area contributed by atoms with E-state index in [1.807, 2.05) is 11.7 Å². The van der Waals surface area contributed by atoms with Crippen molar-refractivity contribution in [3.05, 3.63) is 11.6 Å². The van der Waals surface area contributed by atoms with Crippen molar-refractivity contribution < 1.29 is 0 Å². The average molecular weight is 246 g/mol. The molecule has 5 rings (SSSR count). The number of hydrogen-bond donors (Lipinski definition) is 1. The molecule has 0 aliphatic heterocycles. The van der Waals surface area contributed by atoms with Crippen LogP contribution in [0.15, 0.2) is 0 Å². The first-order valence-electron chi connectivity index (χ1n) is 7.29. The van der Waals surface area contributed by atoms with Crippen molar-refractivity contribution in [1.82, 2.24) is 14.8 Å². The highest BCUT2D eigenvalue weighted by molar-refractivity contribution is 5.17. The molecule has 0 saturated heterocycles. The van der Waals surface area contributed by atoms with Crippen LogP contribution in [-0.4, -0.2) is 14.8 Å². The van der Waals surface area contributed by atoms with Gasteiger partial charge in [0.2, 0.25) is 0 Å². The van der Waals surface area contributed by atoms with Crippen LogP contribution in [0.2, 0.25) is 0 Å². The van der Waals surface area contributed by atoms with Crippen molar-refractivity contribution >= 4 is 0 Å². The van der Waals surface area contributed by atoms with Crippen LogP contribution in [0.25, 0.3) is 0 Å². The summed E-state index contributed by atoms with van der Waals surface area (Å²) in [6, 6.07) is 0. The Hall–Kier alpha value is -0.900. The summed E-state index contributed by atoms with van der Waals surface area (Å²) in [6.45, 7) is 0.496. The maximum atomic E-state index is 5.73. The molecule has 1 aromatic heterocycles. The van der Waals surface area contributed by atoms with E-state index in [1.165, 1.54) is 38.5 Å². The van der Waals surface area contributed by atoms with Crippen molar-refractivity contribution in [3.63, 3.8) is 0 Å². The molecule has 4 heteroatoms. The molecule has 0 radical (unpaired) electrons. The van der Waals surface area contributed by atoms with E-state index in [4.69, 9.17) is 15.8 Å². The molecule has 2 N–H and O–H groups in total. The van der Waals surface area contributed by atoms with Crippen LogP contribution in [0.1, 0.15) is 50.2 Å². The second kappa shape index (κ2) is 3.56. The van der Waals surface area contributed by atoms with Gasteiger partial charge in [0.1, 0.15) is 5.82 Å². The molecular formula is C14H22N4.